The molecule has 0 aliphatic rings. The molecule has 0 fully saturated rings. The van der Waals surface area contributed by atoms with Gasteiger partial charge in [-0.05, 0) is 35.7 Å². The van der Waals surface area contributed by atoms with E-state index in [9.17, 15) is 9.90 Å². The number of hydrogen-bond donors (Lipinski definition) is 0. The van der Waals surface area contributed by atoms with Crippen molar-refractivity contribution in [1.82, 2.24) is 0 Å². The maximum atomic E-state index is 10.2. The minimum atomic E-state index is -1.04. The molecule has 0 aliphatic carbocycles. The van der Waals surface area contributed by atoms with Crippen molar-refractivity contribution in [3.05, 3.63) is 42.5 Å². The van der Waals surface area contributed by atoms with Crippen LogP contribution in [0.2, 0.25) is 0 Å². The zero-order valence-corrected chi connectivity index (χ0v) is 9.39. The first kappa shape index (κ1) is 11.5. The van der Waals surface area contributed by atoms with Crippen molar-refractivity contribution in [2.75, 3.05) is 6.61 Å². The van der Waals surface area contributed by atoms with Crippen molar-refractivity contribution in [2.24, 2.45) is 0 Å². The van der Waals surface area contributed by atoms with Crippen LogP contribution in [0.3, 0.4) is 0 Å². The number of benzene rings is 2. The predicted octanol–water partition coefficient (Wildman–Crippen LogP) is 1.75. The Morgan fingerprint density at radius 2 is 1.88 bits per heavy atom. The molecule has 0 unspecified atom stereocenters. The second-order valence-corrected chi connectivity index (χ2v) is 3.83. The number of fused-ring (bicyclic) bond motifs is 1. The summed E-state index contributed by atoms with van der Waals surface area (Å²) in [4.78, 5) is 10.2. The number of carbonyl (C=O) groups is 1. The quantitative estimate of drug-likeness (QED) is 0.734. The van der Waals surface area contributed by atoms with Crippen molar-refractivity contribution in [3.8, 4) is 5.75 Å². The zero-order valence-electron chi connectivity index (χ0n) is 9.39. The molecule has 17 heavy (non-hydrogen) atoms. The smallest absolute Gasteiger partial charge is 0.119 e. The molecule has 0 radical (unpaired) electrons. The van der Waals surface area contributed by atoms with Crippen LogP contribution in [0.1, 0.15) is 12.8 Å². The number of carbonyl (C=O) groups excluding carboxylic acids is 1. The average molecular weight is 229 g/mol. The first-order valence-corrected chi connectivity index (χ1v) is 5.57. The Balaban J connectivity index is 1.97. The van der Waals surface area contributed by atoms with Crippen LogP contribution in [0, 0.1) is 0 Å². The standard InChI is InChI=1S/C14H14O3/c15-14(16)6-3-9-17-13-8-7-11-4-1-2-5-12(11)10-13/h1-2,4-5,7-8,10H,3,6,9H2,(H,15,16)/p-1. The molecule has 0 aromatic heterocycles. The first-order chi connectivity index (χ1) is 8.25. The summed E-state index contributed by atoms with van der Waals surface area (Å²) in [7, 11) is 0. The highest BCUT2D eigenvalue weighted by Gasteiger charge is 1.97. The second-order valence-electron chi connectivity index (χ2n) is 3.83. The van der Waals surface area contributed by atoms with E-state index in [0.29, 0.717) is 13.0 Å². The van der Waals surface area contributed by atoms with Crippen molar-refractivity contribution < 1.29 is 14.6 Å². The highest BCUT2D eigenvalue weighted by Crippen LogP contribution is 2.20. The van der Waals surface area contributed by atoms with Crippen LogP contribution >= 0.6 is 0 Å². The minimum absolute atomic E-state index is 0.0353. The van der Waals surface area contributed by atoms with Crippen molar-refractivity contribution in [1.29, 1.82) is 0 Å². The third kappa shape index (κ3) is 3.21. The molecule has 0 aliphatic heterocycles. The first-order valence-electron chi connectivity index (χ1n) is 5.57. The molecule has 3 heteroatoms. The molecule has 0 spiro atoms. The van der Waals surface area contributed by atoms with Crippen molar-refractivity contribution >= 4 is 16.7 Å². The van der Waals surface area contributed by atoms with Crippen LogP contribution in [-0.4, -0.2) is 12.6 Å². The van der Waals surface area contributed by atoms with Gasteiger partial charge in [0, 0.05) is 5.97 Å². The summed E-state index contributed by atoms with van der Waals surface area (Å²) in [6.45, 7) is 0.395. The van der Waals surface area contributed by atoms with E-state index in [-0.39, 0.29) is 6.42 Å². The molecule has 0 bridgehead atoms. The molecule has 0 amide bonds. The Morgan fingerprint density at radius 1 is 1.12 bits per heavy atom. The lowest BCUT2D eigenvalue weighted by Crippen LogP contribution is -2.22. The Kier molecular flexibility index (Phi) is 3.60. The maximum absolute atomic E-state index is 10.2. The second kappa shape index (κ2) is 5.34. The molecule has 0 saturated heterocycles. The van der Waals surface area contributed by atoms with E-state index >= 15 is 0 Å². The number of hydrogen-bond acceptors (Lipinski definition) is 3. The highest BCUT2D eigenvalue weighted by atomic mass is 16.5. The van der Waals surface area contributed by atoms with Gasteiger partial charge < -0.3 is 14.6 Å². The van der Waals surface area contributed by atoms with Gasteiger partial charge in [0.1, 0.15) is 5.75 Å². The number of carboxylic acid groups (broad SMARTS) is 1. The van der Waals surface area contributed by atoms with Gasteiger partial charge in [-0.15, -0.1) is 0 Å². The predicted molar refractivity (Wildman–Crippen MR) is 63.7 cm³/mol. The largest absolute Gasteiger partial charge is 0.550 e. The number of carboxylic acids is 1. The summed E-state index contributed by atoms with van der Waals surface area (Å²) in [5, 5.41) is 12.5. The molecule has 0 N–H and O–H groups in total. The molecule has 0 heterocycles. The van der Waals surface area contributed by atoms with Gasteiger partial charge in [-0.2, -0.15) is 0 Å². The normalized spacial score (nSPS) is 10.4. The van der Waals surface area contributed by atoms with Gasteiger partial charge in [0.2, 0.25) is 0 Å². The topological polar surface area (TPSA) is 49.4 Å². The van der Waals surface area contributed by atoms with E-state index in [1.54, 1.807) is 0 Å². The van der Waals surface area contributed by atoms with Gasteiger partial charge in [-0.25, -0.2) is 0 Å². The molecule has 2 aromatic carbocycles. The van der Waals surface area contributed by atoms with Gasteiger partial charge in [-0.1, -0.05) is 30.3 Å². The van der Waals surface area contributed by atoms with Crippen LogP contribution < -0.4 is 9.84 Å². The summed E-state index contributed by atoms with van der Waals surface area (Å²) in [5.41, 5.74) is 0. The van der Waals surface area contributed by atoms with Gasteiger partial charge in [0.15, 0.2) is 0 Å². The maximum Gasteiger partial charge on any atom is 0.119 e. The van der Waals surface area contributed by atoms with E-state index in [0.717, 1.165) is 16.5 Å². The molecular formula is C14H13O3-. The lowest BCUT2D eigenvalue weighted by atomic mass is 10.1. The fourth-order valence-electron chi connectivity index (χ4n) is 1.66. The third-order valence-corrected chi connectivity index (χ3v) is 2.51. The molecule has 88 valence electrons. The SMILES string of the molecule is O=C([O-])CCCOc1ccc2ccccc2c1. The van der Waals surface area contributed by atoms with Crippen LogP contribution in [0.15, 0.2) is 42.5 Å². The Hall–Kier alpha value is -2.03. The van der Waals surface area contributed by atoms with E-state index in [4.69, 9.17) is 4.74 Å². The molecule has 2 rings (SSSR count). The van der Waals surface area contributed by atoms with E-state index < -0.39 is 5.97 Å². The fraction of sp³-hybridized carbons (Fsp3) is 0.214. The summed E-state index contributed by atoms with van der Waals surface area (Å²) < 4.78 is 5.47. The van der Waals surface area contributed by atoms with E-state index in [2.05, 4.69) is 0 Å². The fourth-order valence-corrected chi connectivity index (χ4v) is 1.66. The third-order valence-electron chi connectivity index (χ3n) is 2.51. The average Bonchev–Trinajstić information content (AvgIpc) is 2.34. The summed E-state index contributed by atoms with van der Waals surface area (Å²) >= 11 is 0. The van der Waals surface area contributed by atoms with Crippen molar-refractivity contribution in [2.45, 2.75) is 12.8 Å². The highest BCUT2D eigenvalue weighted by molar-refractivity contribution is 5.83. The van der Waals surface area contributed by atoms with Gasteiger partial charge in [0.25, 0.3) is 0 Å². The molecule has 0 atom stereocenters. The number of ether oxygens (including phenoxy) is 1. The van der Waals surface area contributed by atoms with E-state index in [1.165, 1.54) is 0 Å². The van der Waals surface area contributed by atoms with Gasteiger partial charge in [0.05, 0.1) is 6.61 Å². The van der Waals surface area contributed by atoms with Crippen LogP contribution in [0.5, 0.6) is 5.75 Å². The van der Waals surface area contributed by atoms with E-state index in [1.807, 2.05) is 42.5 Å². The van der Waals surface area contributed by atoms with Gasteiger partial charge >= 0.3 is 0 Å². The molecule has 2 aromatic rings. The summed E-state index contributed by atoms with van der Waals surface area (Å²) in [5.74, 6) is -0.269. The van der Waals surface area contributed by atoms with Crippen LogP contribution in [0.25, 0.3) is 10.8 Å². The summed E-state index contributed by atoms with van der Waals surface area (Å²) in [6.07, 6.45) is 0.503. The Labute approximate surface area is 99.6 Å². The molecular weight excluding hydrogens is 216 g/mol. The Morgan fingerprint density at radius 3 is 2.65 bits per heavy atom. The number of aliphatic carboxylic acids is 1. The Bertz CT molecular complexity index is 520. The summed E-state index contributed by atoms with van der Waals surface area (Å²) in [6, 6.07) is 13.8. The van der Waals surface area contributed by atoms with Crippen molar-refractivity contribution in [3.63, 3.8) is 0 Å². The monoisotopic (exact) mass is 229 g/mol. The lowest BCUT2D eigenvalue weighted by molar-refractivity contribution is -0.305. The van der Waals surface area contributed by atoms with Crippen LogP contribution in [0.4, 0.5) is 0 Å². The van der Waals surface area contributed by atoms with Crippen LogP contribution in [-0.2, 0) is 4.79 Å². The lowest BCUT2D eigenvalue weighted by Gasteiger charge is -2.07. The molecule has 3 nitrogen and oxygen atoms in total. The van der Waals surface area contributed by atoms with Gasteiger partial charge in [-0.3, -0.25) is 0 Å². The zero-order chi connectivity index (χ0) is 12.1. The minimum Gasteiger partial charge on any atom is -0.550 e. The number of rotatable bonds is 5. The molecule has 0 saturated carbocycles.